The molecule has 1 rings (SSSR count). The van der Waals surface area contributed by atoms with Crippen molar-refractivity contribution in [1.82, 2.24) is 4.31 Å². The molecule has 2 N–H and O–H groups in total. The summed E-state index contributed by atoms with van der Waals surface area (Å²) in [5.74, 6) is 0. The maximum Gasteiger partial charge on any atom is 0.243 e. The molecule has 4 nitrogen and oxygen atoms in total. The van der Waals surface area contributed by atoms with E-state index in [9.17, 15) is 8.42 Å². The Morgan fingerprint density at radius 1 is 1.28 bits per heavy atom. The number of sulfonamides is 1. The van der Waals surface area contributed by atoms with E-state index in [1.165, 1.54) is 4.31 Å². The van der Waals surface area contributed by atoms with Crippen LogP contribution in [-0.2, 0) is 10.0 Å². The summed E-state index contributed by atoms with van der Waals surface area (Å²) in [6.07, 6.45) is 0. The summed E-state index contributed by atoms with van der Waals surface area (Å²) in [7, 11) is -3.46. The molecule has 0 saturated carbocycles. The van der Waals surface area contributed by atoms with Gasteiger partial charge in [-0.2, -0.15) is 4.31 Å². The minimum atomic E-state index is -3.46. The van der Waals surface area contributed by atoms with Gasteiger partial charge >= 0.3 is 0 Å². The quantitative estimate of drug-likeness (QED) is 0.885. The van der Waals surface area contributed by atoms with Crippen molar-refractivity contribution in [3.8, 4) is 0 Å². The van der Waals surface area contributed by atoms with Crippen molar-refractivity contribution in [3.05, 3.63) is 29.3 Å². The van der Waals surface area contributed by atoms with Gasteiger partial charge < -0.3 is 5.73 Å². The highest BCUT2D eigenvalue weighted by Gasteiger charge is 2.27. The highest BCUT2D eigenvalue weighted by atomic mass is 32.2. The van der Waals surface area contributed by atoms with Crippen LogP contribution in [0.3, 0.4) is 0 Å². The van der Waals surface area contributed by atoms with Crippen LogP contribution in [0.4, 0.5) is 0 Å². The van der Waals surface area contributed by atoms with Crippen LogP contribution < -0.4 is 5.73 Å². The van der Waals surface area contributed by atoms with Gasteiger partial charge in [-0.1, -0.05) is 12.1 Å². The second-order valence-electron chi connectivity index (χ2n) is 4.77. The first-order valence-corrected chi connectivity index (χ1v) is 7.54. The topological polar surface area (TPSA) is 63.4 Å². The van der Waals surface area contributed by atoms with Crippen molar-refractivity contribution in [2.75, 3.05) is 13.1 Å². The summed E-state index contributed by atoms with van der Waals surface area (Å²) in [4.78, 5) is 0.379. The molecule has 0 fully saturated rings. The van der Waals surface area contributed by atoms with E-state index in [0.717, 1.165) is 11.1 Å². The highest BCUT2D eigenvalue weighted by Crippen LogP contribution is 2.22. The number of hydrogen-bond donors (Lipinski definition) is 1. The molecule has 0 amide bonds. The molecule has 0 bridgehead atoms. The van der Waals surface area contributed by atoms with Crippen LogP contribution in [0.1, 0.15) is 25.0 Å². The first-order valence-electron chi connectivity index (χ1n) is 6.10. The van der Waals surface area contributed by atoms with Gasteiger partial charge in [0.2, 0.25) is 10.0 Å². The van der Waals surface area contributed by atoms with E-state index in [1.807, 2.05) is 39.8 Å². The molecule has 1 aromatic carbocycles. The standard InChI is InChI=1S/C13H22N2O2S/c1-10(2)15(8-7-14)18(16,17)13-9-11(3)5-6-12(13)4/h5-6,9-10H,7-8,14H2,1-4H3. The van der Waals surface area contributed by atoms with Crippen LogP contribution in [0, 0.1) is 13.8 Å². The van der Waals surface area contributed by atoms with Gasteiger partial charge in [0.25, 0.3) is 0 Å². The normalized spacial score (nSPS) is 12.4. The molecule has 102 valence electrons. The third-order valence-electron chi connectivity index (χ3n) is 2.86. The lowest BCUT2D eigenvalue weighted by Crippen LogP contribution is -2.40. The fraction of sp³-hybridized carbons (Fsp3) is 0.538. The molecular weight excluding hydrogens is 248 g/mol. The SMILES string of the molecule is Cc1ccc(C)c(S(=O)(=O)N(CCN)C(C)C)c1. The molecule has 0 saturated heterocycles. The first kappa shape index (κ1) is 15.1. The molecule has 0 spiro atoms. The second-order valence-corrected chi connectivity index (χ2v) is 6.63. The van der Waals surface area contributed by atoms with E-state index >= 15 is 0 Å². The fourth-order valence-corrected chi connectivity index (χ4v) is 3.86. The number of rotatable bonds is 5. The first-order chi connectivity index (χ1) is 8.30. The molecule has 18 heavy (non-hydrogen) atoms. The van der Waals surface area contributed by atoms with Crippen molar-refractivity contribution in [2.24, 2.45) is 5.73 Å². The Morgan fingerprint density at radius 3 is 2.39 bits per heavy atom. The van der Waals surface area contributed by atoms with Gasteiger partial charge in [-0.15, -0.1) is 0 Å². The van der Waals surface area contributed by atoms with Crippen LogP contribution in [0.5, 0.6) is 0 Å². The molecule has 0 aliphatic rings. The van der Waals surface area contributed by atoms with Crippen molar-refractivity contribution in [3.63, 3.8) is 0 Å². The Morgan fingerprint density at radius 2 is 1.89 bits per heavy atom. The monoisotopic (exact) mass is 270 g/mol. The summed E-state index contributed by atoms with van der Waals surface area (Å²) in [6.45, 7) is 8.08. The van der Waals surface area contributed by atoms with E-state index in [-0.39, 0.29) is 6.04 Å². The zero-order chi connectivity index (χ0) is 13.9. The molecule has 5 heteroatoms. The minimum absolute atomic E-state index is 0.0986. The minimum Gasteiger partial charge on any atom is -0.329 e. The molecular formula is C13H22N2O2S. The Bertz CT molecular complexity index is 510. The van der Waals surface area contributed by atoms with Gasteiger partial charge in [-0.3, -0.25) is 0 Å². The van der Waals surface area contributed by atoms with E-state index in [1.54, 1.807) is 6.07 Å². The Labute approximate surface area is 110 Å². The van der Waals surface area contributed by atoms with Gasteiger partial charge in [0.15, 0.2) is 0 Å². The largest absolute Gasteiger partial charge is 0.329 e. The Kier molecular flexibility index (Phi) is 4.90. The van der Waals surface area contributed by atoms with Gasteiger partial charge in [0.1, 0.15) is 0 Å². The molecule has 0 unspecified atom stereocenters. The van der Waals surface area contributed by atoms with Crippen LogP contribution in [0.25, 0.3) is 0 Å². The summed E-state index contributed by atoms with van der Waals surface area (Å²) in [5.41, 5.74) is 7.21. The maximum absolute atomic E-state index is 12.6. The lowest BCUT2D eigenvalue weighted by molar-refractivity contribution is 0.361. The van der Waals surface area contributed by atoms with Crippen molar-refractivity contribution < 1.29 is 8.42 Å². The Hall–Kier alpha value is -0.910. The molecule has 0 aliphatic carbocycles. The van der Waals surface area contributed by atoms with E-state index in [2.05, 4.69) is 0 Å². The van der Waals surface area contributed by atoms with Crippen molar-refractivity contribution >= 4 is 10.0 Å². The number of nitrogens with zero attached hydrogens (tertiary/aromatic N) is 1. The van der Waals surface area contributed by atoms with Crippen molar-refractivity contribution in [1.29, 1.82) is 0 Å². The molecule has 0 radical (unpaired) electrons. The highest BCUT2D eigenvalue weighted by molar-refractivity contribution is 7.89. The van der Waals surface area contributed by atoms with Gasteiger partial charge in [-0.25, -0.2) is 8.42 Å². The average Bonchev–Trinajstić information content (AvgIpc) is 2.28. The summed E-state index contributed by atoms with van der Waals surface area (Å²) in [6, 6.07) is 5.37. The maximum atomic E-state index is 12.6. The van der Waals surface area contributed by atoms with E-state index in [0.29, 0.717) is 18.0 Å². The number of benzene rings is 1. The zero-order valence-electron chi connectivity index (χ0n) is 11.5. The summed E-state index contributed by atoms with van der Waals surface area (Å²) >= 11 is 0. The number of nitrogens with two attached hydrogens (primary N) is 1. The molecule has 0 heterocycles. The lowest BCUT2D eigenvalue weighted by Gasteiger charge is -2.26. The van der Waals surface area contributed by atoms with Crippen molar-refractivity contribution in [2.45, 2.75) is 38.6 Å². The van der Waals surface area contributed by atoms with Crippen LogP contribution >= 0.6 is 0 Å². The predicted molar refractivity (Wildman–Crippen MR) is 74.0 cm³/mol. The lowest BCUT2D eigenvalue weighted by atomic mass is 10.2. The molecule has 1 aromatic rings. The third kappa shape index (κ3) is 3.10. The smallest absolute Gasteiger partial charge is 0.243 e. The van der Waals surface area contributed by atoms with Gasteiger partial charge in [0.05, 0.1) is 4.90 Å². The van der Waals surface area contributed by atoms with Crippen LogP contribution in [0.2, 0.25) is 0 Å². The van der Waals surface area contributed by atoms with E-state index in [4.69, 9.17) is 5.73 Å². The second kappa shape index (κ2) is 5.82. The predicted octanol–water partition coefficient (Wildman–Crippen LogP) is 1.66. The molecule has 0 aromatic heterocycles. The van der Waals surface area contributed by atoms with E-state index < -0.39 is 10.0 Å². The average molecular weight is 270 g/mol. The molecule has 0 aliphatic heterocycles. The number of hydrogen-bond acceptors (Lipinski definition) is 3. The van der Waals surface area contributed by atoms with Crippen LogP contribution in [0.15, 0.2) is 23.1 Å². The van der Waals surface area contributed by atoms with Gasteiger partial charge in [0, 0.05) is 19.1 Å². The van der Waals surface area contributed by atoms with Gasteiger partial charge in [-0.05, 0) is 44.9 Å². The van der Waals surface area contributed by atoms with Crippen LogP contribution in [-0.4, -0.2) is 31.9 Å². The Balaban J connectivity index is 3.30. The third-order valence-corrected chi connectivity index (χ3v) is 5.07. The number of aryl methyl sites for hydroxylation is 2. The zero-order valence-corrected chi connectivity index (χ0v) is 12.3. The fourth-order valence-electron chi connectivity index (χ4n) is 1.89. The summed E-state index contributed by atoms with van der Waals surface area (Å²) < 4.78 is 26.7. The molecule has 0 atom stereocenters. The summed E-state index contributed by atoms with van der Waals surface area (Å²) in [5, 5.41) is 0.